The molecular formula is C51H49F3O6. The van der Waals surface area contributed by atoms with Crippen LogP contribution in [0.4, 0.5) is 13.2 Å². The first kappa shape index (κ1) is 41.4. The fraction of sp³-hybridized carbons (Fsp3) is 0.294. The summed E-state index contributed by atoms with van der Waals surface area (Å²) in [5, 5.41) is 0. The minimum atomic E-state index is -4.97. The van der Waals surface area contributed by atoms with Crippen LogP contribution in [0.5, 0.6) is 5.75 Å². The monoisotopic (exact) mass is 814 g/mol. The highest BCUT2D eigenvalue weighted by Crippen LogP contribution is 2.44. The van der Waals surface area contributed by atoms with Crippen molar-refractivity contribution >= 4 is 0 Å². The van der Waals surface area contributed by atoms with Gasteiger partial charge in [-0.2, -0.15) is 0 Å². The molecule has 6 aromatic carbocycles. The van der Waals surface area contributed by atoms with Crippen molar-refractivity contribution in [3.05, 3.63) is 207 Å². The molecule has 9 heteroatoms. The number of rotatable bonds is 17. The quantitative estimate of drug-likeness (QED) is 0.0914. The molecule has 1 heterocycles. The van der Waals surface area contributed by atoms with Crippen molar-refractivity contribution in [1.29, 1.82) is 0 Å². The van der Waals surface area contributed by atoms with Crippen LogP contribution in [0.15, 0.2) is 152 Å². The summed E-state index contributed by atoms with van der Waals surface area (Å²) in [6.07, 6.45) is -6.81. The number of fused-ring (bicyclic) bond motifs is 1. The standard InChI is InChI=1S/C51H49F3O6/c1-35-26-45(60-51(52,53)54)44(29-43(35)28-40-22-23-41-24-25-42(41)27-40)47-49(57-32-38-18-10-4-11-19-38)50(58-33-39-20-12-5-13-21-39)48(56-31-37-16-8-3-9-17-37)46(59-47)34-55-30-36-14-6-2-7-15-36/h2-23,26-27,29,46-50H,24-25,28,30-34H2,1H3/t46-,47+,48-,49+,50+/m1/s1. The second kappa shape index (κ2) is 19.4. The number of alkyl halides is 3. The summed E-state index contributed by atoms with van der Waals surface area (Å²) in [6.45, 7) is 2.72. The molecule has 0 saturated carbocycles. The Kier molecular flexibility index (Phi) is 13.4. The normalized spacial score (nSPS) is 20.0. The molecule has 0 radical (unpaired) electrons. The van der Waals surface area contributed by atoms with E-state index in [1.165, 1.54) is 17.2 Å². The van der Waals surface area contributed by atoms with Gasteiger partial charge in [0.25, 0.3) is 0 Å². The van der Waals surface area contributed by atoms with E-state index in [4.69, 9.17) is 28.4 Å². The largest absolute Gasteiger partial charge is 0.573 e. The summed E-state index contributed by atoms with van der Waals surface area (Å²) in [5.41, 5.74) is 9.16. The summed E-state index contributed by atoms with van der Waals surface area (Å²) in [7, 11) is 0. The zero-order valence-electron chi connectivity index (χ0n) is 33.6. The van der Waals surface area contributed by atoms with E-state index >= 15 is 0 Å². The minimum Gasteiger partial charge on any atom is -0.405 e. The first-order chi connectivity index (χ1) is 29.3. The number of halogens is 3. The second-order valence-electron chi connectivity index (χ2n) is 15.5. The molecular weight excluding hydrogens is 766 g/mol. The maximum atomic E-state index is 14.4. The Labute approximate surface area is 349 Å². The summed E-state index contributed by atoms with van der Waals surface area (Å²) in [4.78, 5) is 0. The van der Waals surface area contributed by atoms with Gasteiger partial charge < -0.3 is 28.4 Å². The van der Waals surface area contributed by atoms with Gasteiger partial charge in [-0.25, -0.2) is 0 Å². The fourth-order valence-electron chi connectivity index (χ4n) is 7.99. The Morgan fingerprint density at radius 2 is 1.07 bits per heavy atom. The molecule has 2 aliphatic rings. The molecule has 0 N–H and O–H groups in total. The van der Waals surface area contributed by atoms with Crippen molar-refractivity contribution in [2.24, 2.45) is 0 Å². The van der Waals surface area contributed by atoms with Crippen LogP contribution in [0.1, 0.15) is 61.7 Å². The molecule has 0 aromatic heterocycles. The number of hydrogen-bond acceptors (Lipinski definition) is 6. The highest BCUT2D eigenvalue weighted by atomic mass is 19.4. The average Bonchev–Trinajstić information content (AvgIpc) is 3.24. The van der Waals surface area contributed by atoms with E-state index in [1.807, 2.05) is 128 Å². The number of aryl methyl sites for hydroxylation is 3. The summed E-state index contributed by atoms with van der Waals surface area (Å²) < 4.78 is 81.9. The number of benzene rings is 6. The maximum absolute atomic E-state index is 14.4. The Morgan fingerprint density at radius 1 is 0.550 bits per heavy atom. The van der Waals surface area contributed by atoms with Crippen molar-refractivity contribution in [2.45, 2.75) is 89.5 Å². The fourth-order valence-corrected chi connectivity index (χ4v) is 7.99. The van der Waals surface area contributed by atoms with Gasteiger partial charge in [-0.1, -0.05) is 140 Å². The lowest BCUT2D eigenvalue weighted by atomic mass is 9.85. The molecule has 0 unspecified atom stereocenters. The van der Waals surface area contributed by atoms with Crippen LogP contribution >= 0.6 is 0 Å². The predicted octanol–water partition coefficient (Wildman–Crippen LogP) is 11.0. The summed E-state index contributed by atoms with van der Waals surface area (Å²) in [6, 6.07) is 48.6. The molecule has 8 rings (SSSR count). The predicted molar refractivity (Wildman–Crippen MR) is 223 cm³/mol. The van der Waals surface area contributed by atoms with Crippen molar-refractivity contribution in [3.63, 3.8) is 0 Å². The first-order valence-corrected chi connectivity index (χ1v) is 20.5. The van der Waals surface area contributed by atoms with Gasteiger partial charge in [-0.15, -0.1) is 13.2 Å². The van der Waals surface area contributed by atoms with E-state index in [0.29, 0.717) is 12.0 Å². The Balaban J connectivity index is 1.22. The van der Waals surface area contributed by atoms with Gasteiger partial charge in [0, 0.05) is 5.56 Å². The highest BCUT2D eigenvalue weighted by Gasteiger charge is 2.50. The first-order valence-electron chi connectivity index (χ1n) is 20.5. The van der Waals surface area contributed by atoms with Crippen LogP contribution in [0, 0.1) is 6.92 Å². The van der Waals surface area contributed by atoms with Gasteiger partial charge in [-0.3, -0.25) is 0 Å². The smallest absolute Gasteiger partial charge is 0.405 e. The van der Waals surface area contributed by atoms with Crippen molar-refractivity contribution in [3.8, 4) is 5.75 Å². The van der Waals surface area contributed by atoms with Crippen LogP contribution in [0.2, 0.25) is 0 Å². The molecule has 5 atom stereocenters. The molecule has 1 aliphatic carbocycles. The van der Waals surface area contributed by atoms with Gasteiger partial charge >= 0.3 is 6.36 Å². The molecule has 6 aromatic rings. The van der Waals surface area contributed by atoms with E-state index in [-0.39, 0.29) is 44.3 Å². The third kappa shape index (κ3) is 10.7. The molecule has 0 amide bonds. The molecule has 310 valence electrons. The lowest BCUT2D eigenvalue weighted by molar-refractivity contribution is -0.282. The van der Waals surface area contributed by atoms with Gasteiger partial charge in [-0.05, 0) is 88.4 Å². The summed E-state index contributed by atoms with van der Waals surface area (Å²) >= 11 is 0. The number of ether oxygens (including phenoxy) is 6. The molecule has 6 nitrogen and oxygen atoms in total. The lowest BCUT2D eigenvalue weighted by Crippen LogP contribution is -2.58. The van der Waals surface area contributed by atoms with E-state index in [2.05, 4.69) is 18.2 Å². The zero-order chi connectivity index (χ0) is 41.3. The van der Waals surface area contributed by atoms with Crippen LogP contribution in [-0.2, 0) is 69.4 Å². The Morgan fingerprint density at radius 3 is 1.58 bits per heavy atom. The van der Waals surface area contributed by atoms with Crippen LogP contribution in [0.3, 0.4) is 0 Å². The van der Waals surface area contributed by atoms with E-state index in [0.717, 1.165) is 46.2 Å². The maximum Gasteiger partial charge on any atom is 0.573 e. The molecule has 0 spiro atoms. The van der Waals surface area contributed by atoms with Gasteiger partial charge in [0.05, 0.1) is 33.0 Å². The molecule has 1 saturated heterocycles. The van der Waals surface area contributed by atoms with Gasteiger partial charge in [0.1, 0.15) is 36.3 Å². The Hall–Kier alpha value is -5.29. The zero-order valence-corrected chi connectivity index (χ0v) is 33.6. The second-order valence-corrected chi connectivity index (χ2v) is 15.5. The third-order valence-electron chi connectivity index (χ3n) is 11.2. The average molecular weight is 815 g/mol. The minimum absolute atomic E-state index is 0.0603. The SMILES string of the molecule is Cc1cc(OC(F)(F)F)c([C@@H]2O[C@H](COCc3ccccc3)[C@@H](OCc3ccccc3)[C@H](OCc3ccccc3)[C@H]2OCc2ccccc2)cc1Cc1ccc2c(c1)CC2. The van der Waals surface area contributed by atoms with Gasteiger partial charge in [0.15, 0.2) is 0 Å². The van der Waals surface area contributed by atoms with Crippen LogP contribution < -0.4 is 4.74 Å². The lowest BCUT2D eigenvalue weighted by Gasteiger charge is -2.46. The molecule has 0 bridgehead atoms. The van der Waals surface area contributed by atoms with Gasteiger partial charge in [0.2, 0.25) is 0 Å². The van der Waals surface area contributed by atoms with E-state index < -0.39 is 36.9 Å². The molecule has 60 heavy (non-hydrogen) atoms. The molecule has 1 fully saturated rings. The van der Waals surface area contributed by atoms with E-state index in [1.54, 1.807) is 6.07 Å². The van der Waals surface area contributed by atoms with Crippen molar-refractivity contribution in [2.75, 3.05) is 6.61 Å². The number of hydrogen-bond donors (Lipinski definition) is 0. The van der Waals surface area contributed by atoms with E-state index in [9.17, 15) is 13.2 Å². The Bertz CT molecular complexity index is 2270. The van der Waals surface area contributed by atoms with Crippen LogP contribution in [0.25, 0.3) is 0 Å². The van der Waals surface area contributed by atoms with Crippen LogP contribution in [-0.4, -0.2) is 37.4 Å². The van der Waals surface area contributed by atoms with Crippen molar-refractivity contribution in [1.82, 2.24) is 0 Å². The van der Waals surface area contributed by atoms with Crippen molar-refractivity contribution < 1.29 is 41.6 Å². The highest BCUT2D eigenvalue weighted by molar-refractivity contribution is 5.48. The third-order valence-corrected chi connectivity index (χ3v) is 11.2. The molecule has 1 aliphatic heterocycles. The summed E-state index contributed by atoms with van der Waals surface area (Å²) in [5.74, 6) is -0.353. The topological polar surface area (TPSA) is 55.4 Å².